The van der Waals surface area contributed by atoms with E-state index in [2.05, 4.69) is 33.1 Å². The topological polar surface area (TPSA) is 146 Å². The highest BCUT2D eigenvalue weighted by molar-refractivity contribution is 5.90. The largest absolute Gasteiger partial charge is 0.356 e. The number of amides is 3. The van der Waals surface area contributed by atoms with Crippen molar-refractivity contribution in [1.82, 2.24) is 26.2 Å². The van der Waals surface area contributed by atoms with Gasteiger partial charge in [0.15, 0.2) is 5.78 Å². The molecule has 6 N–H and O–H groups in total. The molecule has 0 aromatic carbocycles. The lowest BCUT2D eigenvalue weighted by Crippen LogP contribution is -2.50. The summed E-state index contributed by atoms with van der Waals surface area (Å²) in [7, 11) is 3.97. The van der Waals surface area contributed by atoms with E-state index in [1.807, 2.05) is 14.1 Å². The normalized spacial score (nSPS) is 12.8. The van der Waals surface area contributed by atoms with Crippen LogP contribution in [0, 0.1) is 0 Å². The van der Waals surface area contributed by atoms with Crippen molar-refractivity contribution in [1.29, 1.82) is 0 Å². The first-order chi connectivity index (χ1) is 16.2. The summed E-state index contributed by atoms with van der Waals surface area (Å²) in [5.74, 6) is -0.828. The summed E-state index contributed by atoms with van der Waals surface area (Å²) in [5, 5.41) is 11.6. The molecule has 10 nitrogen and oxygen atoms in total. The highest BCUT2D eigenvalue weighted by atomic mass is 16.2. The molecule has 0 saturated carbocycles. The third-order valence-corrected chi connectivity index (χ3v) is 5.44. The zero-order valence-electron chi connectivity index (χ0n) is 21.7. The molecule has 0 aromatic rings. The molecule has 0 heterocycles. The fourth-order valence-corrected chi connectivity index (χ4v) is 3.37. The number of unbranched alkanes of at least 4 members (excludes halogenated alkanes) is 3. The van der Waals surface area contributed by atoms with Crippen LogP contribution in [0.15, 0.2) is 0 Å². The van der Waals surface area contributed by atoms with E-state index < -0.39 is 12.1 Å². The minimum atomic E-state index is -0.750. The maximum atomic E-state index is 13.0. The summed E-state index contributed by atoms with van der Waals surface area (Å²) in [6.07, 6.45) is 6.00. The average molecular weight is 485 g/mol. The van der Waals surface area contributed by atoms with Crippen molar-refractivity contribution < 1.29 is 19.2 Å². The zero-order valence-corrected chi connectivity index (χ0v) is 21.7. The molecule has 198 valence electrons. The number of nitrogens with zero attached hydrogens (tertiary/aromatic N) is 1. The summed E-state index contributed by atoms with van der Waals surface area (Å²) in [4.78, 5) is 51.2. The van der Waals surface area contributed by atoms with Gasteiger partial charge in [-0.15, -0.1) is 0 Å². The first kappa shape index (κ1) is 32.0. The van der Waals surface area contributed by atoms with E-state index >= 15 is 0 Å². The van der Waals surface area contributed by atoms with Crippen molar-refractivity contribution in [3.63, 3.8) is 0 Å². The van der Waals surface area contributed by atoms with Gasteiger partial charge in [-0.2, -0.15) is 0 Å². The monoisotopic (exact) mass is 484 g/mol. The maximum absolute atomic E-state index is 13.0. The molecule has 0 spiro atoms. The van der Waals surface area contributed by atoms with Crippen LogP contribution in [-0.4, -0.2) is 87.3 Å². The van der Waals surface area contributed by atoms with Gasteiger partial charge in [0.2, 0.25) is 17.7 Å². The first-order valence-corrected chi connectivity index (χ1v) is 12.6. The van der Waals surface area contributed by atoms with Crippen molar-refractivity contribution in [3.8, 4) is 0 Å². The summed E-state index contributed by atoms with van der Waals surface area (Å²) < 4.78 is 0. The number of Topliss-reactive ketones (excluding diaryl/α,β-unsaturated/α-hetero) is 1. The van der Waals surface area contributed by atoms with E-state index in [0.29, 0.717) is 32.6 Å². The summed E-state index contributed by atoms with van der Waals surface area (Å²) in [5.41, 5.74) is 5.38. The Morgan fingerprint density at radius 2 is 1.44 bits per heavy atom. The highest BCUT2D eigenvalue weighted by Gasteiger charge is 2.24. The smallest absolute Gasteiger partial charge is 0.237 e. The molecule has 0 aromatic heterocycles. The highest BCUT2D eigenvalue weighted by Crippen LogP contribution is 2.05. The minimum absolute atomic E-state index is 0.0935. The summed E-state index contributed by atoms with van der Waals surface area (Å²) >= 11 is 0. The number of nitrogens with two attached hydrogens (primary N) is 1. The number of ketones is 1. The van der Waals surface area contributed by atoms with E-state index in [0.717, 1.165) is 38.6 Å². The van der Waals surface area contributed by atoms with Crippen LogP contribution < -0.4 is 27.0 Å². The second-order valence-corrected chi connectivity index (χ2v) is 8.96. The fourth-order valence-electron chi connectivity index (χ4n) is 3.37. The number of carbonyl (C=O) groups excluding carboxylic acids is 4. The number of carbonyl (C=O) groups is 4. The molecule has 0 fully saturated rings. The molecule has 3 amide bonds. The molecule has 10 heteroatoms. The Morgan fingerprint density at radius 3 is 2.00 bits per heavy atom. The predicted molar refractivity (Wildman–Crippen MR) is 135 cm³/mol. The van der Waals surface area contributed by atoms with Gasteiger partial charge in [0.25, 0.3) is 0 Å². The Hall–Kier alpha value is -2.04. The van der Waals surface area contributed by atoms with Gasteiger partial charge in [-0.25, -0.2) is 0 Å². The lowest BCUT2D eigenvalue weighted by Gasteiger charge is -2.22. The van der Waals surface area contributed by atoms with Gasteiger partial charge in [-0.1, -0.05) is 26.2 Å². The molecule has 2 atom stereocenters. The molecule has 0 aliphatic rings. The van der Waals surface area contributed by atoms with E-state index in [9.17, 15) is 19.2 Å². The van der Waals surface area contributed by atoms with E-state index in [1.54, 1.807) is 0 Å². The van der Waals surface area contributed by atoms with Crippen molar-refractivity contribution >= 4 is 23.5 Å². The maximum Gasteiger partial charge on any atom is 0.237 e. The second-order valence-electron chi connectivity index (χ2n) is 8.96. The average Bonchev–Trinajstić information content (AvgIpc) is 2.79. The van der Waals surface area contributed by atoms with Crippen molar-refractivity contribution in [2.45, 2.75) is 83.7 Å². The van der Waals surface area contributed by atoms with Crippen LogP contribution in [0.5, 0.6) is 0 Å². The fraction of sp³-hybridized carbons (Fsp3) is 0.833. The van der Waals surface area contributed by atoms with Crippen LogP contribution in [0.2, 0.25) is 0 Å². The van der Waals surface area contributed by atoms with Crippen LogP contribution in [0.3, 0.4) is 0 Å². The number of rotatable bonds is 21. The van der Waals surface area contributed by atoms with Gasteiger partial charge in [0.05, 0.1) is 12.1 Å². The lowest BCUT2D eigenvalue weighted by atomic mass is 10.0. The molecule has 0 bridgehead atoms. The van der Waals surface area contributed by atoms with E-state index in [1.165, 1.54) is 6.92 Å². The Morgan fingerprint density at radius 1 is 0.824 bits per heavy atom. The SMILES string of the molecule is CCCCCCNC(CCC(=O)NCCCN(C)C)C(=O)NC(CCC(=O)NCCN)C(C)=O. The quantitative estimate of drug-likeness (QED) is 0.147. The van der Waals surface area contributed by atoms with Crippen LogP contribution in [-0.2, 0) is 19.2 Å². The zero-order chi connectivity index (χ0) is 25.8. The van der Waals surface area contributed by atoms with Gasteiger partial charge in [0, 0.05) is 32.5 Å². The van der Waals surface area contributed by atoms with Gasteiger partial charge in [-0.3, -0.25) is 19.2 Å². The third-order valence-electron chi connectivity index (χ3n) is 5.44. The lowest BCUT2D eigenvalue weighted by molar-refractivity contribution is -0.129. The van der Waals surface area contributed by atoms with Crippen LogP contribution in [0.4, 0.5) is 0 Å². The first-order valence-electron chi connectivity index (χ1n) is 12.6. The number of nitrogens with one attached hydrogen (secondary N) is 4. The molecule has 0 rings (SSSR count). The molecule has 0 saturated heterocycles. The standard InChI is InChI=1S/C24H48N6O4/c1-5-6-7-8-15-26-21(11-13-22(32)27-16-9-18-30(3)4)24(34)29-20(19(2)31)10-12-23(33)28-17-14-25/h20-21,26H,5-18,25H2,1-4H3,(H,27,32)(H,28,33)(H,29,34). The molecule has 0 aliphatic heterocycles. The van der Waals surface area contributed by atoms with E-state index in [-0.39, 0.29) is 42.8 Å². The number of hydrogen-bond acceptors (Lipinski definition) is 7. The molecule has 0 aliphatic carbocycles. The third kappa shape index (κ3) is 17.4. The number of hydrogen-bond donors (Lipinski definition) is 5. The molecular formula is C24H48N6O4. The Balaban J connectivity index is 4.81. The Bertz CT molecular complexity index is 600. The van der Waals surface area contributed by atoms with Gasteiger partial charge >= 0.3 is 0 Å². The Labute approximate surface area is 205 Å². The van der Waals surface area contributed by atoms with E-state index in [4.69, 9.17) is 5.73 Å². The van der Waals surface area contributed by atoms with Crippen molar-refractivity contribution in [2.24, 2.45) is 5.73 Å². The molecule has 34 heavy (non-hydrogen) atoms. The van der Waals surface area contributed by atoms with Gasteiger partial charge in [-0.05, 0) is 59.8 Å². The second kappa shape index (κ2) is 20.3. The predicted octanol–water partition coefficient (Wildman–Crippen LogP) is 0.302. The van der Waals surface area contributed by atoms with Crippen molar-refractivity contribution in [2.75, 3.05) is 46.8 Å². The molecular weight excluding hydrogens is 436 g/mol. The molecule has 2 unspecified atom stereocenters. The summed E-state index contributed by atoms with van der Waals surface area (Å²) in [6.45, 7) is 6.40. The summed E-state index contributed by atoms with van der Waals surface area (Å²) in [6, 6.07) is -1.33. The van der Waals surface area contributed by atoms with Gasteiger partial charge in [0.1, 0.15) is 0 Å². The van der Waals surface area contributed by atoms with Crippen LogP contribution in [0.25, 0.3) is 0 Å². The van der Waals surface area contributed by atoms with Gasteiger partial charge < -0.3 is 31.9 Å². The van der Waals surface area contributed by atoms with Crippen LogP contribution >= 0.6 is 0 Å². The molecule has 0 radical (unpaired) electrons. The minimum Gasteiger partial charge on any atom is -0.356 e. The Kier molecular flexibility index (Phi) is 19.1. The van der Waals surface area contributed by atoms with Crippen LogP contribution in [0.1, 0.15) is 71.6 Å². The van der Waals surface area contributed by atoms with Crippen molar-refractivity contribution in [3.05, 3.63) is 0 Å².